The summed E-state index contributed by atoms with van der Waals surface area (Å²) in [6.45, 7) is 6.37. The van der Waals surface area contributed by atoms with Crippen molar-refractivity contribution in [1.82, 2.24) is 9.97 Å². The first-order valence-electron chi connectivity index (χ1n) is 6.23. The topological polar surface area (TPSA) is 51.8 Å². The Morgan fingerprint density at radius 1 is 1.16 bits per heavy atom. The van der Waals surface area contributed by atoms with Gasteiger partial charge in [-0.1, -0.05) is 48.8 Å². The van der Waals surface area contributed by atoms with Crippen molar-refractivity contribution in [1.29, 1.82) is 0 Å². The molecule has 1 heterocycles. The van der Waals surface area contributed by atoms with E-state index in [1.807, 2.05) is 18.2 Å². The summed E-state index contributed by atoms with van der Waals surface area (Å²) in [6, 6.07) is 10.0. The monoisotopic (exact) mass is 319 g/mol. The lowest BCUT2D eigenvalue weighted by atomic mass is 9.92. The molecule has 2 aromatic rings. The van der Waals surface area contributed by atoms with Crippen molar-refractivity contribution in [3.8, 4) is 0 Å². The average molecular weight is 320 g/mol. The number of nitrogen functional groups attached to an aromatic ring is 1. The third-order valence-electron chi connectivity index (χ3n) is 2.81. The number of rotatable bonds is 2. The average Bonchev–Trinajstić information content (AvgIpc) is 2.26. The Hall–Kier alpha value is -1.42. The van der Waals surface area contributed by atoms with E-state index in [0.717, 1.165) is 16.0 Å². The van der Waals surface area contributed by atoms with Gasteiger partial charge in [0, 0.05) is 22.4 Å². The first-order valence-corrected chi connectivity index (χ1v) is 7.02. The second-order valence-electron chi connectivity index (χ2n) is 5.65. The predicted molar refractivity (Wildman–Crippen MR) is 82.1 cm³/mol. The Morgan fingerprint density at radius 3 is 2.53 bits per heavy atom. The Morgan fingerprint density at radius 2 is 1.89 bits per heavy atom. The van der Waals surface area contributed by atoms with E-state index in [2.05, 4.69) is 58.8 Å². The van der Waals surface area contributed by atoms with E-state index in [4.69, 9.17) is 5.73 Å². The molecule has 100 valence electrons. The Balaban J connectivity index is 2.33. The molecule has 0 saturated heterocycles. The predicted octanol–water partition coefficient (Wildman–Crippen LogP) is 3.71. The fraction of sp³-hybridized carbons (Fsp3) is 0.333. The van der Waals surface area contributed by atoms with Crippen molar-refractivity contribution in [2.24, 2.45) is 0 Å². The number of nitrogens with two attached hydrogens (primary N) is 1. The highest BCUT2D eigenvalue weighted by Gasteiger charge is 2.17. The number of benzene rings is 1. The molecule has 0 aliphatic carbocycles. The Kier molecular flexibility index (Phi) is 3.90. The smallest absolute Gasteiger partial charge is 0.135 e. The van der Waals surface area contributed by atoms with E-state index in [-0.39, 0.29) is 5.41 Å². The molecule has 19 heavy (non-hydrogen) atoms. The maximum Gasteiger partial charge on any atom is 0.135 e. The number of anilines is 1. The molecule has 0 bridgehead atoms. The largest absolute Gasteiger partial charge is 0.384 e. The van der Waals surface area contributed by atoms with Crippen LogP contribution in [0.4, 0.5) is 5.82 Å². The van der Waals surface area contributed by atoms with E-state index in [1.54, 1.807) is 0 Å². The zero-order valence-electron chi connectivity index (χ0n) is 11.4. The summed E-state index contributed by atoms with van der Waals surface area (Å²) in [5.41, 5.74) is 8.00. The second-order valence-corrected chi connectivity index (χ2v) is 6.57. The van der Waals surface area contributed by atoms with E-state index >= 15 is 0 Å². The van der Waals surface area contributed by atoms with Gasteiger partial charge in [-0.2, -0.15) is 0 Å². The number of halogens is 1. The maximum atomic E-state index is 5.88. The highest BCUT2D eigenvalue weighted by molar-refractivity contribution is 9.10. The van der Waals surface area contributed by atoms with E-state index in [1.165, 1.54) is 5.56 Å². The maximum absolute atomic E-state index is 5.88. The zero-order chi connectivity index (χ0) is 14.0. The lowest BCUT2D eigenvalue weighted by molar-refractivity contribution is 0.563. The van der Waals surface area contributed by atoms with Crippen LogP contribution in [-0.2, 0) is 11.8 Å². The molecule has 2 N–H and O–H groups in total. The van der Waals surface area contributed by atoms with E-state index < -0.39 is 0 Å². The Bertz CT molecular complexity index is 588. The molecule has 1 aromatic carbocycles. The molecule has 0 unspecified atom stereocenters. The fourth-order valence-corrected chi connectivity index (χ4v) is 2.26. The van der Waals surface area contributed by atoms with Gasteiger partial charge in [0.1, 0.15) is 11.6 Å². The van der Waals surface area contributed by atoms with Crippen LogP contribution in [-0.4, -0.2) is 9.97 Å². The second kappa shape index (κ2) is 5.29. The SMILES string of the molecule is CC(C)(C)c1cc(N)nc(Cc2cccc(Br)c2)n1. The van der Waals surface area contributed by atoms with Crippen LogP contribution in [0.2, 0.25) is 0 Å². The van der Waals surface area contributed by atoms with Gasteiger partial charge in [0.25, 0.3) is 0 Å². The molecular weight excluding hydrogens is 302 g/mol. The first kappa shape index (κ1) is 14.0. The standard InChI is InChI=1S/C15H18BrN3/c1-15(2,3)12-9-13(17)19-14(18-12)8-10-5-4-6-11(16)7-10/h4-7,9H,8H2,1-3H3,(H2,17,18,19). The summed E-state index contributed by atoms with van der Waals surface area (Å²) in [5.74, 6) is 1.30. The van der Waals surface area contributed by atoms with Gasteiger partial charge in [-0.25, -0.2) is 9.97 Å². The molecule has 0 aliphatic rings. The number of aromatic nitrogens is 2. The lowest BCUT2D eigenvalue weighted by Crippen LogP contribution is -2.16. The van der Waals surface area contributed by atoms with Crippen LogP contribution in [0, 0.1) is 0 Å². The molecule has 0 amide bonds. The summed E-state index contributed by atoms with van der Waals surface area (Å²) in [4.78, 5) is 8.95. The quantitative estimate of drug-likeness (QED) is 0.918. The molecule has 0 spiro atoms. The molecular formula is C15H18BrN3. The van der Waals surface area contributed by atoms with E-state index in [9.17, 15) is 0 Å². The highest BCUT2D eigenvalue weighted by Crippen LogP contribution is 2.22. The van der Waals surface area contributed by atoms with Crippen molar-refractivity contribution in [2.75, 3.05) is 5.73 Å². The normalized spacial score (nSPS) is 11.6. The van der Waals surface area contributed by atoms with Crippen LogP contribution >= 0.6 is 15.9 Å². The zero-order valence-corrected chi connectivity index (χ0v) is 13.0. The Labute approximate surface area is 122 Å². The molecule has 1 aromatic heterocycles. The van der Waals surface area contributed by atoms with E-state index in [0.29, 0.717) is 12.2 Å². The van der Waals surface area contributed by atoms with Crippen molar-refractivity contribution in [2.45, 2.75) is 32.6 Å². The van der Waals surface area contributed by atoms with Crippen molar-refractivity contribution >= 4 is 21.7 Å². The third-order valence-corrected chi connectivity index (χ3v) is 3.31. The summed E-state index contributed by atoms with van der Waals surface area (Å²) < 4.78 is 1.06. The molecule has 3 nitrogen and oxygen atoms in total. The molecule has 4 heteroatoms. The minimum Gasteiger partial charge on any atom is -0.384 e. The van der Waals surface area contributed by atoms with Gasteiger partial charge in [-0.15, -0.1) is 0 Å². The molecule has 2 rings (SSSR count). The summed E-state index contributed by atoms with van der Waals surface area (Å²) in [7, 11) is 0. The fourth-order valence-electron chi connectivity index (χ4n) is 1.81. The van der Waals surface area contributed by atoms with Crippen molar-refractivity contribution in [3.05, 3.63) is 51.9 Å². The van der Waals surface area contributed by atoms with Gasteiger partial charge in [0.05, 0.1) is 5.69 Å². The van der Waals surface area contributed by atoms with Crippen LogP contribution in [0.25, 0.3) is 0 Å². The van der Waals surface area contributed by atoms with Gasteiger partial charge in [-0.3, -0.25) is 0 Å². The first-order chi connectivity index (χ1) is 8.84. The third kappa shape index (κ3) is 3.77. The van der Waals surface area contributed by atoms with Gasteiger partial charge in [0.2, 0.25) is 0 Å². The lowest BCUT2D eigenvalue weighted by Gasteiger charge is -2.18. The van der Waals surface area contributed by atoms with Crippen LogP contribution < -0.4 is 5.73 Å². The molecule has 0 aliphatic heterocycles. The van der Waals surface area contributed by atoms with Gasteiger partial charge >= 0.3 is 0 Å². The molecule has 0 radical (unpaired) electrons. The summed E-state index contributed by atoms with van der Waals surface area (Å²) >= 11 is 3.47. The minimum absolute atomic E-state index is 0.0247. The summed E-state index contributed by atoms with van der Waals surface area (Å²) in [6.07, 6.45) is 0.688. The molecule has 0 fully saturated rings. The van der Waals surface area contributed by atoms with Gasteiger partial charge in [0.15, 0.2) is 0 Å². The molecule has 0 atom stereocenters. The van der Waals surface area contributed by atoms with Crippen LogP contribution in [0.3, 0.4) is 0 Å². The van der Waals surface area contributed by atoms with Gasteiger partial charge < -0.3 is 5.73 Å². The number of hydrogen-bond acceptors (Lipinski definition) is 3. The van der Waals surface area contributed by atoms with Crippen LogP contribution in [0.15, 0.2) is 34.8 Å². The number of hydrogen-bond donors (Lipinski definition) is 1. The minimum atomic E-state index is -0.0247. The number of nitrogens with zero attached hydrogens (tertiary/aromatic N) is 2. The van der Waals surface area contributed by atoms with Gasteiger partial charge in [-0.05, 0) is 17.7 Å². The molecule has 0 saturated carbocycles. The van der Waals surface area contributed by atoms with Crippen LogP contribution in [0.1, 0.15) is 37.9 Å². The van der Waals surface area contributed by atoms with Crippen molar-refractivity contribution < 1.29 is 0 Å². The summed E-state index contributed by atoms with van der Waals surface area (Å²) in [5, 5.41) is 0. The highest BCUT2D eigenvalue weighted by atomic mass is 79.9. The van der Waals surface area contributed by atoms with Crippen LogP contribution in [0.5, 0.6) is 0 Å². The van der Waals surface area contributed by atoms with Crippen molar-refractivity contribution in [3.63, 3.8) is 0 Å².